The third kappa shape index (κ3) is 5.17. The number of amides is 2. The predicted octanol–water partition coefficient (Wildman–Crippen LogP) is 3.08. The Bertz CT molecular complexity index is 736. The number of hydrogen-bond donors (Lipinski definition) is 1. The zero-order chi connectivity index (χ0) is 21.0. The van der Waals surface area contributed by atoms with Crippen LogP contribution < -0.4 is 5.32 Å². The maximum Gasteiger partial charge on any atom is 0.311 e. The second-order valence-corrected chi connectivity index (χ2v) is 8.59. The van der Waals surface area contributed by atoms with Crippen molar-refractivity contribution in [3.05, 3.63) is 35.9 Å². The number of carbonyl (C=O) groups is 3. The molecule has 0 spiro atoms. The molecule has 1 aliphatic heterocycles. The zero-order valence-corrected chi connectivity index (χ0v) is 17.6. The summed E-state index contributed by atoms with van der Waals surface area (Å²) in [6, 6.07) is 9.65. The second kappa shape index (κ2) is 9.42. The Morgan fingerprint density at radius 2 is 1.93 bits per heavy atom. The Morgan fingerprint density at radius 3 is 2.66 bits per heavy atom. The highest BCUT2D eigenvalue weighted by Crippen LogP contribution is 2.35. The van der Waals surface area contributed by atoms with Gasteiger partial charge in [0.25, 0.3) is 5.91 Å². The number of benzene rings is 1. The van der Waals surface area contributed by atoms with Gasteiger partial charge < -0.3 is 15.0 Å². The summed E-state index contributed by atoms with van der Waals surface area (Å²) in [5, 5.41) is 2.83. The Kier molecular flexibility index (Phi) is 6.93. The molecule has 29 heavy (non-hydrogen) atoms. The molecule has 0 bridgehead atoms. The van der Waals surface area contributed by atoms with Crippen LogP contribution in [-0.4, -0.2) is 41.9 Å². The van der Waals surface area contributed by atoms with E-state index in [1.54, 1.807) is 0 Å². The van der Waals surface area contributed by atoms with E-state index >= 15 is 0 Å². The van der Waals surface area contributed by atoms with Crippen LogP contribution in [0.2, 0.25) is 0 Å². The standard InChI is InChI=1S/C23H32N2O4/c1-15-8-7-11-20(16(15)2)25-13-19(12-22(25)27)23(28)29-14-21(26)24-17(3)18-9-5-4-6-10-18/h4-6,9-10,15-17,19-20H,7-8,11-14H2,1-3H3,(H,24,26)/t15-,16-,17+,19-,20+/m1/s1. The number of hydrogen-bond acceptors (Lipinski definition) is 4. The molecule has 0 radical (unpaired) electrons. The molecule has 1 saturated heterocycles. The highest BCUT2D eigenvalue weighted by atomic mass is 16.5. The molecule has 2 amide bonds. The lowest BCUT2D eigenvalue weighted by Crippen LogP contribution is -2.45. The molecule has 0 unspecified atom stereocenters. The first-order chi connectivity index (χ1) is 13.9. The molecule has 1 aromatic carbocycles. The summed E-state index contributed by atoms with van der Waals surface area (Å²) >= 11 is 0. The van der Waals surface area contributed by atoms with Crippen molar-refractivity contribution in [1.82, 2.24) is 10.2 Å². The van der Waals surface area contributed by atoms with Crippen molar-refractivity contribution in [2.45, 2.75) is 58.5 Å². The molecule has 5 atom stereocenters. The lowest BCUT2D eigenvalue weighted by atomic mass is 9.77. The maximum atomic E-state index is 12.5. The summed E-state index contributed by atoms with van der Waals surface area (Å²) in [7, 11) is 0. The monoisotopic (exact) mass is 400 g/mol. The van der Waals surface area contributed by atoms with Gasteiger partial charge in [0.1, 0.15) is 0 Å². The quantitative estimate of drug-likeness (QED) is 0.745. The van der Waals surface area contributed by atoms with E-state index in [2.05, 4.69) is 19.2 Å². The van der Waals surface area contributed by atoms with E-state index in [9.17, 15) is 14.4 Å². The SMILES string of the molecule is C[C@@H]1[C@H](C)CCC[C@@H]1N1C[C@H](C(=O)OCC(=O)N[C@@H](C)c2ccccc2)CC1=O. The van der Waals surface area contributed by atoms with E-state index in [0.29, 0.717) is 18.4 Å². The van der Waals surface area contributed by atoms with E-state index < -0.39 is 11.9 Å². The van der Waals surface area contributed by atoms with E-state index in [1.165, 1.54) is 6.42 Å². The molecule has 2 fully saturated rings. The highest BCUT2D eigenvalue weighted by Gasteiger charge is 2.42. The second-order valence-electron chi connectivity index (χ2n) is 8.59. The van der Waals surface area contributed by atoms with Gasteiger partial charge in [-0.1, -0.05) is 57.0 Å². The summed E-state index contributed by atoms with van der Waals surface area (Å²) < 4.78 is 5.23. The normalized spacial score (nSPS) is 28.1. The zero-order valence-electron chi connectivity index (χ0n) is 17.6. The average molecular weight is 401 g/mol. The Morgan fingerprint density at radius 1 is 1.21 bits per heavy atom. The van der Waals surface area contributed by atoms with Gasteiger partial charge in [-0.3, -0.25) is 14.4 Å². The summed E-state index contributed by atoms with van der Waals surface area (Å²) in [4.78, 5) is 39.0. The van der Waals surface area contributed by atoms with Gasteiger partial charge in [-0.15, -0.1) is 0 Å². The van der Waals surface area contributed by atoms with Crippen molar-refractivity contribution in [3.8, 4) is 0 Å². The molecule has 6 nitrogen and oxygen atoms in total. The molecule has 6 heteroatoms. The molecule has 158 valence electrons. The molecule has 2 aliphatic rings. The fourth-order valence-electron chi connectivity index (χ4n) is 4.57. The van der Waals surface area contributed by atoms with Crippen LogP contribution in [0.4, 0.5) is 0 Å². The van der Waals surface area contributed by atoms with Gasteiger partial charge in [0, 0.05) is 19.0 Å². The van der Waals surface area contributed by atoms with Crippen LogP contribution in [0.5, 0.6) is 0 Å². The van der Waals surface area contributed by atoms with Crippen LogP contribution in [0, 0.1) is 17.8 Å². The van der Waals surface area contributed by atoms with Gasteiger partial charge >= 0.3 is 5.97 Å². The maximum absolute atomic E-state index is 12.5. The van der Waals surface area contributed by atoms with Gasteiger partial charge in [0.2, 0.25) is 5.91 Å². The lowest BCUT2D eigenvalue weighted by Gasteiger charge is -2.39. The Balaban J connectivity index is 1.47. The topological polar surface area (TPSA) is 75.7 Å². The van der Waals surface area contributed by atoms with Crippen LogP contribution in [0.1, 0.15) is 58.1 Å². The van der Waals surface area contributed by atoms with Crippen LogP contribution in [-0.2, 0) is 19.1 Å². The number of carbonyl (C=O) groups excluding carboxylic acids is 3. The summed E-state index contributed by atoms with van der Waals surface area (Å²) in [5.74, 6) is -0.229. The van der Waals surface area contributed by atoms with Gasteiger partial charge in [-0.05, 0) is 30.7 Å². The number of esters is 1. The van der Waals surface area contributed by atoms with Crippen LogP contribution in [0.3, 0.4) is 0 Å². The van der Waals surface area contributed by atoms with Crippen molar-refractivity contribution in [3.63, 3.8) is 0 Å². The van der Waals surface area contributed by atoms with Crippen molar-refractivity contribution < 1.29 is 19.1 Å². The number of nitrogens with one attached hydrogen (secondary N) is 1. The molecular formula is C23H32N2O4. The molecular weight excluding hydrogens is 368 g/mol. The van der Waals surface area contributed by atoms with Gasteiger partial charge in [-0.2, -0.15) is 0 Å². The van der Waals surface area contributed by atoms with Crippen molar-refractivity contribution in [2.24, 2.45) is 17.8 Å². The number of nitrogens with zero attached hydrogens (tertiary/aromatic N) is 1. The average Bonchev–Trinajstić information content (AvgIpc) is 3.10. The summed E-state index contributed by atoms with van der Waals surface area (Å²) in [6.07, 6.45) is 3.49. The van der Waals surface area contributed by atoms with Crippen LogP contribution in [0.15, 0.2) is 30.3 Å². The van der Waals surface area contributed by atoms with E-state index in [0.717, 1.165) is 18.4 Å². The molecule has 3 rings (SSSR count). The molecule has 1 aromatic rings. The third-order valence-corrected chi connectivity index (χ3v) is 6.58. The minimum atomic E-state index is -0.480. The minimum absolute atomic E-state index is 0.0278. The van der Waals surface area contributed by atoms with Gasteiger partial charge in [0.05, 0.1) is 12.0 Å². The van der Waals surface area contributed by atoms with Gasteiger partial charge in [0.15, 0.2) is 6.61 Å². The fourth-order valence-corrected chi connectivity index (χ4v) is 4.57. The Labute approximate surface area is 173 Å². The van der Waals surface area contributed by atoms with Crippen molar-refractivity contribution >= 4 is 17.8 Å². The number of ether oxygens (including phenoxy) is 1. The highest BCUT2D eigenvalue weighted by molar-refractivity contribution is 5.88. The first kappa shape index (κ1) is 21.3. The molecule has 0 aromatic heterocycles. The molecule has 1 saturated carbocycles. The summed E-state index contributed by atoms with van der Waals surface area (Å²) in [5.41, 5.74) is 0.986. The Hall–Kier alpha value is -2.37. The molecule has 1 N–H and O–H groups in total. The van der Waals surface area contributed by atoms with Crippen LogP contribution >= 0.6 is 0 Å². The van der Waals surface area contributed by atoms with Gasteiger partial charge in [-0.25, -0.2) is 0 Å². The predicted molar refractivity (Wildman–Crippen MR) is 110 cm³/mol. The first-order valence-corrected chi connectivity index (χ1v) is 10.7. The smallest absolute Gasteiger partial charge is 0.311 e. The summed E-state index contributed by atoms with van der Waals surface area (Å²) in [6.45, 7) is 6.40. The van der Waals surface area contributed by atoms with E-state index in [-0.39, 0.29) is 36.9 Å². The lowest BCUT2D eigenvalue weighted by molar-refractivity contribution is -0.152. The third-order valence-electron chi connectivity index (χ3n) is 6.58. The number of rotatable bonds is 6. The van der Waals surface area contributed by atoms with Crippen LogP contribution in [0.25, 0.3) is 0 Å². The largest absolute Gasteiger partial charge is 0.455 e. The molecule has 1 aliphatic carbocycles. The molecule has 1 heterocycles. The fraction of sp³-hybridized carbons (Fsp3) is 0.609. The minimum Gasteiger partial charge on any atom is -0.455 e. The van der Waals surface area contributed by atoms with E-state index in [4.69, 9.17) is 4.74 Å². The first-order valence-electron chi connectivity index (χ1n) is 10.7. The van der Waals surface area contributed by atoms with Crippen molar-refractivity contribution in [1.29, 1.82) is 0 Å². The van der Waals surface area contributed by atoms with E-state index in [1.807, 2.05) is 42.2 Å². The van der Waals surface area contributed by atoms with Crippen molar-refractivity contribution in [2.75, 3.05) is 13.2 Å². The number of likely N-dealkylation sites (tertiary alicyclic amines) is 1.